The highest BCUT2D eigenvalue weighted by Gasteiger charge is 2.36. The predicted octanol–water partition coefficient (Wildman–Crippen LogP) is 3.93. The summed E-state index contributed by atoms with van der Waals surface area (Å²) in [5.41, 5.74) is 6.39. The molecule has 0 radical (unpaired) electrons. The van der Waals surface area contributed by atoms with E-state index in [9.17, 15) is 9.18 Å². The van der Waals surface area contributed by atoms with Crippen LogP contribution in [0.4, 0.5) is 4.39 Å². The fourth-order valence-electron chi connectivity index (χ4n) is 2.91. The summed E-state index contributed by atoms with van der Waals surface area (Å²) in [4.78, 5) is 12.2. The molecule has 134 valence electrons. The smallest absolute Gasteiger partial charge is 0.240 e. The minimum absolute atomic E-state index is 0. The van der Waals surface area contributed by atoms with E-state index in [2.05, 4.69) is 5.32 Å². The van der Waals surface area contributed by atoms with Gasteiger partial charge in [0.1, 0.15) is 17.3 Å². The lowest BCUT2D eigenvalue weighted by Gasteiger charge is -2.22. The lowest BCUT2D eigenvalue weighted by atomic mass is 9.98. The van der Waals surface area contributed by atoms with Crippen LogP contribution in [0.1, 0.15) is 31.2 Å². The zero-order chi connectivity index (χ0) is 17.0. The molecule has 0 aliphatic heterocycles. The maximum Gasteiger partial charge on any atom is 0.240 e. The van der Waals surface area contributed by atoms with Crippen molar-refractivity contribution in [2.45, 2.75) is 37.8 Å². The van der Waals surface area contributed by atoms with Crippen molar-refractivity contribution < 1.29 is 13.9 Å². The Balaban J connectivity index is 0.00000225. The second-order valence-corrected chi connectivity index (χ2v) is 6.25. The van der Waals surface area contributed by atoms with Crippen LogP contribution in [-0.2, 0) is 11.3 Å². The van der Waals surface area contributed by atoms with Crippen LogP contribution < -0.4 is 15.8 Å². The van der Waals surface area contributed by atoms with E-state index >= 15 is 0 Å². The summed E-state index contributed by atoms with van der Waals surface area (Å²) in [7, 11) is 0. The van der Waals surface area contributed by atoms with Gasteiger partial charge < -0.3 is 15.8 Å². The third-order valence-corrected chi connectivity index (χ3v) is 4.37. The number of carbonyl (C=O) groups is 1. The van der Waals surface area contributed by atoms with Gasteiger partial charge in [-0.15, -0.1) is 12.4 Å². The highest BCUT2D eigenvalue weighted by molar-refractivity contribution is 5.86. The SMILES string of the molecule is Cl.NC1(C(=O)NCc2ccc(Oc3ccc(F)cc3)cc2)CCCC1. The second-order valence-electron chi connectivity index (χ2n) is 6.25. The van der Waals surface area contributed by atoms with Crippen LogP contribution in [-0.4, -0.2) is 11.4 Å². The topological polar surface area (TPSA) is 64.4 Å². The van der Waals surface area contributed by atoms with Crippen LogP contribution in [0, 0.1) is 5.82 Å². The Morgan fingerprint density at radius 1 is 1.04 bits per heavy atom. The lowest BCUT2D eigenvalue weighted by molar-refractivity contribution is -0.126. The summed E-state index contributed by atoms with van der Waals surface area (Å²) < 4.78 is 18.5. The van der Waals surface area contributed by atoms with Crippen molar-refractivity contribution in [1.82, 2.24) is 5.32 Å². The first-order valence-electron chi connectivity index (χ1n) is 8.15. The van der Waals surface area contributed by atoms with Gasteiger partial charge in [0.25, 0.3) is 0 Å². The van der Waals surface area contributed by atoms with Gasteiger partial charge in [-0.1, -0.05) is 25.0 Å². The standard InChI is InChI=1S/C19H21FN2O2.ClH/c20-15-5-9-17(10-6-15)24-16-7-3-14(4-8-16)13-22-18(23)19(21)11-1-2-12-19;/h3-10H,1-2,11-13,21H2,(H,22,23);1H. The summed E-state index contributed by atoms with van der Waals surface area (Å²) >= 11 is 0. The van der Waals surface area contributed by atoms with Crippen molar-refractivity contribution >= 4 is 18.3 Å². The summed E-state index contributed by atoms with van der Waals surface area (Å²) in [6.45, 7) is 0.439. The van der Waals surface area contributed by atoms with E-state index in [-0.39, 0.29) is 24.1 Å². The Labute approximate surface area is 153 Å². The Bertz CT molecular complexity index is 698. The maximum atomic E-state index is 12.9. The van der Waals surface area contributed by atoms with E-state index in [0.717, 1.165) is 31.2 Å². The molecule has 2 aromatic rings. The molecule has 0 aromatic heterocycles. The lowest BCUT2D eigenvalue weighted by Crippen LogP contribution is -2.51. The average Bonchev–Trinajstić information content (AvgIpc) is 3.04. The van der Waals surface area contributed by atoms with Crippen molar-refractivity contribution in [3.05, 3.63) is 59.9 Å². The van der Waals surface area contributed by atoms with Gasteiger partial charge >= 0.3 is 0 Å². The average molecular weight is 365 g/mol. The normalized spacial score (nSPS) is 15.3. The van der Waals surface area contributed by atoms with Crippen molar-refractivity contribution in [3.63, 3.8) is 0 Å². The van der Waals surface area contributed by atoms with Crippen LogP contribution in [0.25, 0.3) is 0 Å². The molecule has 4 nitrogen and oxygen atoms in total. The molecule has 1 fully saturated rings. The Hall–Kier alpha value is -2.11. The first-order chi connectivity index (χ1) is 11.5. The highest BCUT2D eigenvalue weighted by atomic mass is 35.5. The molecule has 0 unspecified atom stereocenters. The van der Waals surface area contributed by atoms with E-state index in [0.29, 0.717) is 18.0 Å². The number of ether oxygens (including phenoxy) is 1. The first-order valence-corrected chi connectivity index (χ1v) is 8.15. The van der Waals surface area contributed by atoms with Crippen LogP contribution in [0.15, 0.2) is 48.5 Å². The fourth-order valence-corrected chi connectivity index (χ4v) is 2.91. The quantitative estimate of drug-likeness (QED) is 0.844. The number of benzene rings is 2. The van der Waals surface area contributed by atoms with Crippen molar-refractivity contribution in [2.75, 3.05) is 0 Å². The van der Waals surface area contributed by atoms with Gasteiger partial charge in [0.15, 0.2) is 0 Å². The van der Waals surface area contributed by atoms with E-state index in [1.54, 1.807) is 12.1 Å². The molecule has 0 bridgehead atoms. The Morgan fingerprint density at radius 3 is 2.12 bits per heavy atom. The predicted molar refractivity (Wildman–Crippen MR) is 97.4 cm³/mol. The highest BCUT2D eigenvalue weighted by Crippen LogP contribution is 2.27. The molecule has 3 rings (SSSR count). The molecule has 3 N–H and O–H groups in total. The maximum absolute atomic E-state index is 12.9. The van der Waals surface area contributed by atoms with Gasteiger partial charge in [0.05, 0.1) is 5.54 Å². The van der Waals surface area contributed by atoms with Gasteiger partial charge in [-0.3, -0.25) is 4.79 Å². The summed E-state index contributed by atoms with van der Waals surface area (Å²) in [5.74, 6) is 0.853. The molecule has 1 aliphatic rings. The molecule has 25 heavy (non-hydrogen) atoms. The zero-order valence-electron chi connectivity index (χ0n) is 13.8. The van der Waals surface area contributed by atoms with Gasteiger partial charge in [0, 0.05) is 6.54 Å². The largest absolute Gasteiger partial charge is 0.457 e. The number of hydrogen-bond donors (Lipinski definition) is 2. The minimum atomic E-state index is -0.703. The van der Waals surface area contributed by atoms with Crippen LogP contribution in [0.2, 0.25) is 0 Å². The number of carbonyl (C=O) groups excluding carboxylic acids is 1. The molecule has 6 heteroatoms. The number of nitrogens with two attached hydrogens (primary N) is 1. The van der Waals surface area contributed by atoms with E-state index in [1.165, 1.54) is 12.1 Å². The number of nitrogens with one attached hydrogen (secondary N) is 1. The Kier molecular flexibility index (Phi) is 6.39. The van der Waals surface area contributed by atoms with E-state index in [4.69, 9.17) is 10.5 Å². The summed E-state index contributed by atoms with van der Waals surface area (Å²) in [5, 5.41) is 2.91. The second kappa shape index (κ2) is 8.32. The van der Waals surface area contributed by atoms with Crippen molar-refractivity contribution in [3.8, 4) is 11.5 Å². The fraction of sp³-hybridized carbons (Fsp3) is 0.316. The van der Waals surface area contributed by atoms with Gasteiger partial charge in [-0.2, -0.15) is 0 Å². The van der Waals surface area contributed by atoms with Gasteiger partial charge in [-0.05, 0) is 54.8 Å². The molecule has 1 saturated carbocycles. The first kappa shape index (κ1) is 19.2. The number of hydrogen-bond acceptors (Lipinski definition) is 3. The zero-order valence-corrected chi connectivity index (χ0v) is 14.7. The molecule has 2 aromatic carbocycles. The molecular formula is C19H22ClFN2O2. The Morgan fingerprint density at radius 2 is 1.56 bits per heavy atom. The van der Waals surface area contributed by atoms with E-state index in [1.807, 2.05) is 24.3 Å². The van der Waals surface area contributed by atoms with Crippen molar-refractivity contribution in [1.29, 1.82) is 0 Å². The number of rotatable bonds is 5. The molecule has 1 amide bonds. The van der Waals surface area contributed by atoms with Gasteiger partial charge in [0.2, 0.25) is 5.91 Å². The third-order valence-electron chi connectivity index (χ3n) is 4.37. The molecule has 0 heterocycles. The van der Waals surface area contributed by atoms with Crippen LogP contribution in [0.3, 0.4) is 0 Å². The van der Waals surface area contributed by atoms with E-state index < -0.39 is 5.54 Å². The minimum Gasteiger partial charge on any atom is -0.457 e. The molecule has 0 spiro atoms. The summed E-state index contributed by atoms with van der Waals surface area (Å²) in [6, 6.07) is 13.3. The third kappa shape index (κ3) is 4.94. The number of amides is 1. The van der Waals surface area contributed by atoms with Crippen LogP contribution in [0.5, 0.6) is 11.5 Å². The molecule has 0 atom stereocenters. The molecule has 1 aliphatic carbocycles. The van der Waals surface area contributed by atoms with Crippen LogP contribution >= 0.6 is 12.4 Å². The molecular weight excluding hydrogens is 343 g/mol. The summed E-state index contributed by atoms with van der Waals surface area (Å²) in [6.07, 6.45) is 3.53. The van der Waals surface area contributed by atoms with Crippen molar-refractivity contribution in [2.24, 2.45) is 5.73 Å². The molecule has 0 saturated heterocycles. The number of halogens is 2. The monoisotopic (exact) mass is 364 g/mol. The van der Waals surface area contributed by atoms with Gasteiger partial charge in [-0.25, -0.2) is 4.39 Å².